The highest BCUT2D eigenvalue weighted by molar-refractivity contribution is 6.31. The maximum Gasteiger partial charge on any atom is 0.225 e. The fourth-order valence-corrected chi connectivity index (χ4v) is 3.22. The van der Waals surface area contributed by atoms with Gasteiger partial charge in [-0.05, 0) is 18.2 Å². The quantitative estimate of drug-likeness (QED) is 0.863. The van der Waals surface area contributed by atoms with Crippen LogP contribution < -0.4 is 0 Å². The molecule has 1 aromatic carbocycles. The molecule has 26 heavy (non-hydrogen) atoms. The number of amides is 1. The van der Waals surface area contributed by atoms with Crippen molar-refractivity contribution in [2.24, 2.45) is 0 Å². The molecule has 0 radical (unpaired) electrons. The number of carbonyl (C=O) groups excluding carboxylic acids is 1. The highest BCUT2D eigenvalue weighted by Crippen LogP contribution is 2.25. The standard InChI is InChI=1S/C18H22ClFN4O2/c1-22(2)18(26)9-17(25)16-8-12-10-23(6-7-24(12)21-16)11-13-14(19)4-3-5-15(13)20/h3-5,8,17,25H,6-7,9-11H2,1-2H3. The van der Waals surface area contributed by atoms with Crippen molar-refractivity contribution in [3.05, 3.63) is 52.1 Å². The summed E-state index contributed by atoms with van der Waals surface area (Å²) < 4.78 is 15.8. The maximum atomic E-state index is 14.0. The molecular weight excluding hydrogens is 359 g/mol. The number of rotatable bonds is 5. The topological polar surface area (TPSA) is 61.6 Å². The van der Waals surface area contributed by atoms with Gasteiger partial charge in [-0.15, -0.1) is 0 Å². The van der Waals surface area contributed by atoms with Gasteiger partial charge in [0.25, 0.3) is 0 Å². The first-order valence-corrected chi connectivity index (χ1v) is 8.83. The second-order valence-electron chi connectivity index (χ2n) is 6.70. The minimum Gasteiger partial charge on any atom is -0.386 e. The van der Waals surface area contributed by atoms with Crippen molar-refractivity contribution < 1.29 is 14.3 Å². The Morgan fingerprint density at radius 3 is 2.88 bits per heavy atom. The number of hydrogen-bond acceptors (Lipinski definition) is 4. The van der Waals surface area contributed by atoms with Crippen LogP contribution in [0.4, 0.5) is 4.39 Å². The highest BCUT2D eigenvalue weighted by Gasteiger charge is 2.24. The second-order valence-corrected chi connectivity index (χ2v) is 7.11. The van der Waals surface area contributed by atoms with Crippen LogP contribution in [0.15, 0.2) is 24.3 Å². The molecule has 140 valence electrons. The lowest BCUT2D eigenvalue weighted by Crippen LogP contribution is -2.33. The lowest BCUT2D eigenvalue weighted by Gasteiger charge is -2.27. The summed E-state index contributed by atoms with van der Waals surface area (Å²) in [6.45, 7) is 2.32. The Kier molecular flexibility index (Phi) is 5.60. The number of aliphatic hydroxyl groups is 1. The molecule has 1 aliphatic heterocycles. The number of carbonyl (C=O) groups is 1. The lowest BCUT2D eigenvalue weighted by atomic mass is 10.1. The van der Waals surface area contributed by atoms with Crippen molar-refractivity contribution in [3.63, 3.8) is 0 Å². The molecule has 1 N–H and O–H groups in total. The molecule has 2 aromatic rings. The molecule has 0 bridgehead atoms. The number of benzene rings is 1. The van der Waals surface area contributed by atoms with Crippen molar-refractivity contribution in [2.75, 3.05) is 20.6 Å². The molecule has 0 aliphatic carbocycles. The Balaban J connectivity index is 1.69. The number of halogens is 2. The van der Waals surface area contributed by atoms with Crippen molar-refractivity contribution in [3.8, 4) is 0 Å². The van der Waals surface area contributed by atoms with Gasteiger partial charge < -0.3 is 10.0 Å². The first kappa shape index (κ1) is 18.8. The van der Waals surface area contributed by atoms with Crippen LogP contribution >= 0.6 is 11.6 Å². The summed E-state index contributed by atoms with van der Waals surface area (Å²) in [5.41, 5.74) is 1.90. The zero-order valence-electron chi connectivity index (χ0n) is 14.8. The third-order valence-corrected chi connectivity index (χ3v) is 4.90. The molecular formula is C18H22ClFN4O2. The van der Waals surface area contributed by atoms with Gasteiger partial charge in [0.15, 0.2) is 0 Å². The third-order valence-electron chi connectivity index (χ3n) is 4.55. The van der Waals surface area contributed by atoms with E-state index in [1.165, 1.54) is 11.0 Å². The molecule has 1 unspecified atom stereocenters. The molecule has 3 rings (SSSR count). The molecule has 1 atom stereocenters. The Morgan fingerprint density at radius 1 is 1.42 bits per heavy atom. The highest BCUT2D eigenvalue weighted by atomic mass is 35.5. The third kappa shape index (κ3) is 4.06. The average molecular weight is 381 g/mol. The van der Waals surface area contributed by atoms with Crippen LogP contribution in [0.2, 0.25) is 5.02 Å². The molecule has 6 nitrogen and oxygen atoms in total. The molecule has 1 aromatic heterocycles. The number of aromatic nitrogens is 2. The van der Waals surface area contributed by atoms with Crippen LogP contribution in [0.3, 0.4) is 0 Å². The summed E-state index contributed by atoms with van der Waals surface area (Å²) in [7, 11) is 3.30. The van der Waals surface area contributed by atoms with E-state index in [2.05, 4.69) is 10.00 Å². The molecule has 1 amide bonds. The summed E-state index contributed by atoms with van der Waals surface area (Å²) in [4.78, 5) is 15.3. The average Bonchev–Trinajstić information content (AvgIpc) is 3.01. The first-order chi connectivity index (χ1) is 12.3. The van der Waals surface area contributed by atoms with E-state index < -0.39 is 6.10 Å². The zero-order valence-corrected chi connectivity index (χ0v) is 15.6. The zero-order chi connectivity index (χ0) is 18.8. The summed E-state index contributed by atoms with van der Waals surface area (Å²) in [5, 5.41) is 15.1. The summed E-state index contributed by atoms with van der Waals surface area (Å²) >= 11 is 6.12. The molecule has 0 fully saturated rings. The van der Waals surface area contributed by atoms with Crippen molar-refractivity contribution in [1.29, 1.82) is 0 Å². The first-order valence-electron chi connectivity index (χ1n) is 8.45. The number of nitrogens with zero attached hydrogens (tertiary/aromatic N) is 4. The van der Waals surface area contributed by atoms with Crippen molar-refractivity contribution >= 4 is 17.5 Å². The summed E-state index contributed by atoms with van der Waals surface area (Å²) in [5.74, 6) is -0.464. The lowest BCUT2D eigenvalue weighted by molar-refractivity contribution is -0.130. The van der Waals surface area contributed by atoms with E-state index in [9.17, 15) is 14.3 Å². The number of aliphatic hydroxyl groups excluding tert-OH is 1. The van der Waals surface area contributed by atoms with Gasteiger partial charge >= 0.3 is 0 Å². The Hall–Kier alpha value is -1.96. The Labute approximate surface area is 156 Å². The molecule has 2 heterocycles. The van der Waals surface area contributed by atoms with Gasteiger partial charge in [0, 0.05) is 44.3 Å². The normalized spacial score (nSPS) is 15.6. The van der Waals surface area contributed by atoms with E-state index in [1.54, 1.807) is 26.2 Å². The Bertz CT molecular complexity index is 788. The fraction of sp³-hybridized carbons (Fsp3) is 0.444. The van der Waals surface area contributed by atoms with E-state index in [0.29, 0.717) is 42.5 Å². The van der Waals surface area contributed by atoms with Crippen LogP contribution in [-0.2, 0) is 24.4 Å². The van der Waals surface area contributed by atoms with E-state index in [0.717, 1.165) is 5.69 Å². The van der Waals surface area contributed by atoms with Crippen LogP contribution in [0.1, 0.15) is 29.5 Å². The van der Waals surface area contributed by atoms with Gasteiger partial charge in [0.1, 0.15) is 11.9 Å². The van der Waals surface area contributed by atoms with Crippen molar-refractivity contribution in [2.45, 2.75) is 32.2 Å². The van der Waals surface area contributed by atoms with Gasteiger partial charge in [-0.25, -0.2) is 4.39 Å². The molecule has 0 saturated carbocycles. The van der Waals surface area contributed by atoms with E-state index >= 15 is 0 Å². The molecule has 8 heteroatoms. The number of hydrogen-bond donors (Lipinski definition) is 1. The SMILES string of the molecule is CN(C)C(=O)CC(O)c1cc2n(n1)CCN(Cc1c(F)cccc1Cl)C2. The summed E-state index contributed by atoms with van der Waals surface area (Å²) in [6.07, 6.45) is -0.935. The van der Waals surface area contributed by atoms with Gasteiger partial charge in [-0.2, -0.15) is 5.10 Å². The van der Waals surface area contributed by atoms with Gasteiger partial charge in [0.2, 0.25) is 5.91 Å². The number of fused-ring (bicyclic) bond motifs is 1. The van der Waals surface area contributed by atoms with Gasteiger partial charge in [0.05, 0.1) is 24.4 Å². The molecule has 0 spiro atoms. The predicted octanol–water partition coefficient (Wildman–Crippen LogP) is 2.20. The Morgan fingerprint density at radius 2 is 2.19 bits per heavy atom. The van der Waals surface area contributed by atoms with E-state index in [1.807, 2.05) is 10.7 Å². The van der Waals surface area contributed by atoms with Crippen LogP contribution in [0, 0.1) is 5.82 Å². The van der Waals surface area contributed by atoms with Crippen molar-refractivity contribution in [1.82, 2.24) is 19.6 Å². The van der Waals surface area contributed by atoms with Gasteiger partial charge in [-0.1, -0.05) is 17.7 Å². The fourth-order valence-electron chi connectivity index (χ4n) is 3.00. The van der Waals surface area contributed by atoms with E-state index in [4.69, 9.17) is 11.6 Å². The molecule has 1 aliphatic rings. The maximum absolute atomic E-state index is 14.0. The largest absolute Gasteiger partial charge is 0.386 e. The summed E-state index contributed by atoms with van der Waals surface area (Å²) in [6, 6.07) is 6.49. The van der Waals surface area contributed by atoms with E-state index in [-0.39, 0.29) is 18.1 Å². The predicted molar refractivity (Wildman–Crippen MR) is 96.0 cm³/mol. The van der Waals surface area contributed by atoms with Crippen LogP contribution in [-0.4, -0.2) is 51.2 Å². The smallest absolute Gasteiger partial charge is 0.225 e. The monoisotopic (exact) mass is 380 g/mol. The van der Waals surface area contributed by atoms with Gasteiger partial charge in [-0.3, -0.25) is 14.4 Å². The second kappa shape index (κ2) is 7.73. The molecule has 0 saturated heterocycles. The minimum absolute atomic E-state index is 0.00198. The van der Waals surface area contributed by atoms with Crippen LogP contribution in [0.5, 0.6) is 0 Å². The minimum atomic E-state index is -0.933. The van der Waals surface area contributed by atoms with Crippen LogP contribution in [0.25, 0.3) is 0 Å².